The van der Waals surface area contributed by atoms with E-state index < -0.39 is 42.3 Å². The van der Waals surface area contributed by atoms with Gasteiger partial charge in [0.2, 0.25) is 5.69 Å². The molecule has 1 saturated carbocycles. The van der Waals surface area contributed by atoms with Crippen molar-refractivity contribution in [2.24, 2.45) is 0 Å². The van der Waals surface area contributed by atoms with Gasteiger partial charge in [-0.05, 0) is 32.6 Å². The number of esters is 2. The summed E-state index contributed by atoms with van der Waals surface area (Å²) in [5.41, 5.74) is -0.116. The maximum atomic E-state index is 12.4. The molecule has 2 saturated heterocycles. The van der Waals surface area contributed by atoms with E-state index in [1.807, 2.05) is 0 Å². The van der Waals surface area contributed by atoms with E-state index in [4.69, 9.17) is 23.7 Å². The highest BCUT2D eigenvalue weighted by Crippen LogP contribution is 2.48. The van der Waals surface area contributed by atoms with Gasteiger partial charge in [-0.25, -0.2) is 14.3 Å². The van der Waals surface area contributed by atoms with Crippen LogP contribution in [0.15, 0.2) is 0 Å². The van der Waals surface area contributed by atoms with Crippen LogP contribution in [0, 0.1) is 11.8 Å². The zero-order chi connectivity index (χ0) is 22.7. The summed E-state index contributed by atoms with van der Waals surface area (Å²) in [6.45, 7) is 3.34. The Morgan fingerprint density at radius 2 is 1.88 bits per heavy atom. The summed E-state index contributed by atoms with van der Waals surface area (Å²) in [6, 6.07) is 0. The van der Waals surface area contributed by atoms with Gasteiger partial charge < -0.3 is 28.8 Å². The SMILES string of the molecule is CCOC(=O)C#Cc1c(C(=O)OCC)nnn1[C@@H]1O[C@H](CO)[C@H]2OC3(CCCCC3)O[C@H]21. The van der Waals surface area contributed by atoms with Crippen molar-refractivity contribution in [1.82, 2.24) is 15.0 Å². The quantitative estimate of drug-likeness (QED) is 0.506. The van der Waals surface area contributed by atoms with E-state index in [1.165, 1.54) is 4.68 Å². The zero-order valence-electron chi connectivity index (χ0n) is 18.1. The van der Waals surface area contributed by atoms with Crippen LogP contribution in [0.1, 0.15) is 68.4 Å². The molecule has 4 rings (SSSR count). The largest absolute Gasteiger partial charge is 0.461 e. The fraction of sp³-hybridized carbons (Fsp3) is 0.714. The van der Waals surface area contributed by atoms with Crippen molar-refractivity contribution >= 4 is 11.9 Å². The van der Waals surface area contributed by atoms with Gasteiger partial charge in [0.25, 0.3) is 0 Å². The lowest BCUT2D eigenvalue weighted by Gasteiger charge is -2.34. The summed E-state index contributed by atoms with van der Waals surface area (Å²) in [5.74, 6) is 2.75. The van der Waals surface area contributed by atoms with Gasteiger partial charge in [0.05, 0.1) is 19.8 Å². The van der Waals surface area contributed by atoms with E-state index in [9.17, 15) is 14.7 Å². The molecule has 1 spiro atoms. The molecule has 0 amide bonds. The molecule has 1 aromatic heterocycles. The average molecular weight is 449 g/mol. The van der Waals surface area contributed by atoms with Crippen molar-refractivity contribution in [2.75, 3.05) is 19.8 Å². The third-order valence-corrected chi connectivity index (χ3v) is 5.75. The van der Waals surface area contributed by atoms with Crippen LogP contribution in [0.25, 0.3) is 0 Å². The molecular weight excluding hydrogens is 422 g/mol. The van der Waals surface area contributed by atoms with E-state index in [1.54, 1.807) is 13.8 Å². The number of hydrogen-bond donors (Lipinski definition) is 1. The first kappa shape index (κ1) is 22.7. The third-order valence-electron chi connectivity index (χ3n) is 5.75. The Balaban J connectivity index is 1.68. The maximum absolute atomic E-state index is 12.4. The number of aliphatic hydroxyl groups is 1. The normalized spacial score (nSPS) is 28.1. The van der Waals surface area contributed by atoms with Gasteiger partial charge >= 0.3 is 11.9 Å². The number of hydrogen-bond acceptors (Lipinski definition) is 10. The predicted octanol–water partition coefficient (Wildman–Crippen LogP) is 0.703. The van der Waals surface area contributed by atoms with E-state index in [0.717, 1.165) is 32.1 Å². The van der Waals surface area contributed by atoms with Crippen molar-refractivity contribution in [3.8, 4) is 11.8 Å². The second-order valence-corrected chi connectivity index (χ2v) is 7.81. The smallest absolute Gasteiger partial charge is 0.384 e. The number of carbonyl (C=O) groups is 2. The number of carbonyl (C=O) groups excluding carboxylic acids is 2. The average Bonchev–Trinajstić information content (AvgIpc) is 3.44. The van der Waals surface area contributed by atoms with Crippen molar-refractivity contribution in [2.45, 2.75) is 76.3 Å². The first-order valence-corrected chi connectivity index (χ1v) is 10.9. The van der Waals surface area contributed by atoms with Crippen LogP contribution in [-0.4, -0.2) is 76.0 Å². The van der Waals surface area contributed by atoms with Crippen LogP contribution in [-0.2, 0) is 28.5 Å². The molecule has 11 heteroatoms. The van der Waals surface area contributed by atoms with Gasteiger partial charge in [0, 0.05) is 18.8 Å². The molecule has 2 aliphatic heterocycles. The Hall–Kier alpha value is -2.52. The summed E-state index contributed by atoms with van der Waals surface area (Å²) in [5, 5.41) is 17.8. The lowest BCUT2D eigenvalue weighted by atomic mass is 9.94. The molecule has 3 fully saturated rings. The van der Waals surface area contributed by atoms with Crippen LogP contribution in [0.4, 0.5) is 0 Å². The van der Waals surface area contributed by atoms with Crippen molar-refractivity contribution in [3.05, 3.63) is 11.4 Å². The molecule has 0 aromatic carbocycles. The number of rotatable bonds is 5. The van der Waals surface area contributed by atoms with Crippen LogP contribution in [0.5, 0.6) is 0 Å². The zero-order valence-corrected chi connectivity index (χ0v) is 18.1. The molecule has 1 N–H and O–H groups in total. The predicted molar refractivity (Wildman–Crippen MR) is 106 cm³/mol. The number of fused-ring (bicyclic) bond motifs is 1. The Morgan fingerprint density at radius 1 is 1.16 bits per heavy atom. The second-order valence-electron chi connectivity index (χ2n) is 7.81. The molecule has 3 heterocycles. The highest BCUT2D eigenvalue weighted by atomic mass is 16.8. The van der Waals surface area contributed by atoms with Crippen molar-refractivity contribution in [1.29, 1.82) is 0 Å². The fourth-order valence-corrected chi connectivity index (χ4v) is 4.37. The Morgan fingerprint density at radius 3 is 2.56 bits per heavy atom. The molecular formula is C21H27N3O8. The minimum absolute atomic E-state index is 0.0343. The Bertz CT molecular complexity index is 914. The topological polar surface area (TPSA) is 131 Å². The first-order valence-electron chi connectivity index (χ1n) is 10.9. The van der Waals surface area contributed by atoms with E-state index in [2.05, 4.69) is 22.2 Å². The molecule has 1 aliphatic carbocycles. The molecule has 0 unspecified atom stereocenters. The molecule has 174 valence electrons. The number of aromatic nitrogens is 3. The summed E-state index contributed by atoms with van der Waals surface area (Å²) in [4.78, 5) is 24.2. The summed E-state index contributed by atoms with van der Waals surface area (Å²) in [6.07, 6.45) is 2.00. The molecule has 11 nitrogen and oxygen atoms in total. The summed E-state index contributed by atoms with van der Waals surface area (Å²) < 4.78 is 29.8. The van der Waals surface area contributed by atoms with Crippen LogP contribution in [0.3, 0.4) is 0 Å². The highest BCUT2D eigenvalue weighted by molar-refractivity contribution is 5.92. The number of ether oxygens (including phenoxy) is 5. The van der Waals surface area contributed by atoms with Gasteiger partial charge in [0.15, 0.2) is 12.0 Å². The monoisotopic (exact) mass is 449 g/mol. The van der Waals surface area contributed by atoms with E-state index in [-0.39, 0.29) is 31.2 Å². The van der Waals surface area contributed by atoms with E-state index in [0.29, 0.717) is 0 Å². The second kappa shape index (κ2) is 9.54. The first-order chi connectivity index (χ1) is 15.5. The highest BCUT2D eigenvalue weighted by Gasteiger charge is 2.59. The van der Waals surface area contributed by atoms with Crippen LogP contribution >= 0.6 is 0 Å². The summed E-state index contributed by atoms with van der Waals surface area (Å²) >= 11 is 0. The molecule has 1 aromatic rings. The lowest BCUT2D eigenvalue weighted by Crippen LogP contribution is -2.37. The van der Waals surface area contributed by atoms with Gasteiger partial charge in [-0.3, -0.25) is 0 Å². The number of nitrogens with zero attached hydrogens (tertiary/aromatic N) is 3. The summed E-state index contributed by atoms with van der Waals surface area (Å²) in [7, 11) is 0. The Labute approximate surface area is 185 Å². The fourth-order valence-electron chi connectivity index (χ4n) is 4.37. The lowest BCUT2D eigenvalue weighted by molar-refractivity contribution is -0.234. The molecule has 0 bridgehead atoms. The van der Waals surface area contributed by atoms with Crippen molar-refractivity contribution < 1.29 is 38.4 Å². The van der Waals surface area contributed by atoms with Crippen LogP contribution in [0.2, 0.25) is 0 Å². The third kappa shape index (κ3) is 4.23. The van der Waals surface area contributed by atoms with Crippen molar-refractivity contribution in [3.63, 3.8) is 0 Å². The minimum atomic E-state index is -0.861. The standard InChI is InChI=1S/C21H27N3O8/c1-3-28-15(26)9-8-13-16(20(27)29-4-2)22-23-24(13)19-18-17(14(12-25)30-19)31-21(32-18)10-6-5-7-11-21/h14,17-19,25H,3-7,10-12H2,1-2H3/t14-,17-,18-,19-/m1/s1. The van der Waals surface area contributed by atoms with Crippen LogP contribution < -0.4 is 0 Å². The number of aliphatic hydroxyl groups excluding tert-OH is 1. The van der Waals surface area contributed by atoms with E-state index >= 15 is 0 Å². The van der Waals surface area contributed by atoms with Gasteiger partial charge in [-0.2, -0.15) is 0 Å². The molecule has 3 aliphatic rings. The molecule has 0 radical (unpaired) electrons. The molecule has 32 heavy (non-hydrogen) atoms. The van der Waals surface area contributed by atoms with Gasteiger partial charge in [-0.15, -0.1) is 5.10 Å². The molecule has 4 atom stereocenters. The van der Waals surface area contributed by atoms with Gasteiger partial charge in [0.1, 0.15) is 24.0 Å². The minimum Gasteiger partial charge on any atom is -0.461 e. The Kier molecular flexibility index (Phi) is 6.76. The van der Waals surface area contributed by atoms with Gasteiger partial charge in [-0.1, -0.05) is 11.6 Å². The maximum Gasteiger partial charge on any atom is 0.384 e.